The molecule has 1 atom stereocenters. The van der Waals surface area contributed by atoms with Crippen molar-refractivity contribution in [3.63, 3.8) is 0 Å². The Morgan fingerprint density at radius 2 is 1.68 bits per heavy atom. The molecule has 0 spiro atoms. The van der Waals surface area contributed by atoms with E-state index in [1.807, 2.05) is 20.8 Å². The molecule has 0 radical (unpaired) electrons. The smallest absolute Gasteiger partial charge is 0.339 e. The third kappa shape index (κ3) is 7.85. The van der Waals surface area contributed by atoms with Crippen molar-refractivity contribution in [3.8, 4) is 11.5 Å². The van der Waals surface area contributed by atoms with Crippen LogP contribution in [0.15, 0.2) is 18.2 Å². The first-order chi connectivity index (χ1) is 13.1. The summed E-state index contributed by atoms with van der Waals surface area (Å²) in [5.41, 5.74) is 0.214. The van der Waals surface area contributed by atoms with Crippen molar-refractivity contribution in [2.75, 3.05) is 13.2 Å². The van der Waals surface area contributed by atoms with Crippen molar-refractivity contribution in [1.82, 2.24) is 10.6 Å². The van der Waals surface area contributed by atoms with Gasteiger partial charge in [-0.05, 0) is 51.8 Å². The van der Waals surface area contributed by atoms with Gasteiger partial charge in [0.1, 0.15) is 0 Å². The molecule has 2 N–H and O–H groups in total. The molecule has 0 aliphatic heterocycles. The van der Waals surface area contributed by atoms with Gasteiger partial charge in [-0.1, -0.05) is 13.8 Å². The Morgan fingerprint density at radius 3 is 2.25 bits per heavy atom. The maximum atomic E-state index is 12.4. The molecule has 3 amide bonds. The van der Waals surface area contributed by atoms with Crippen LogP contribution in [0.1, 0.15) is 51.9 Å². The number of carbonyl (C=O) groups is 3. The lowest BCUT2D eigenvalue weighted by Crippen LogP contribution is -2.46. The number of imide groups is 1. The molecule has 1 rings (SSSR count). The molecule has 0 fully saturated rings. The molecule has 0 aliphatic rings. The largest absolute Gasteiger partial charge is 0.490 e. The lowest BCUT2D eigenvalue weighted by Gasteiger charge is -2.16. The van der Waals surface area contributed by atoms with Crippen molar-refractivity contribution >= 4 is 17.9 Å². The van der Waals surface area contributed by atoms with Gasteiger partial charge in [0.15, 0.2) is 17.6 Å². The van der Waals surface area contributed by atoms with Crippen LogP contribution in [-0.4, -0.2) is 43.3 Å². The van der Waals surface area contributed by atoms with Gasteiger partial charge in [0.05, 0.1) is 18.8 Å². The average Bonchev–Trinajstić information content (AvgIpc) is 2.59. The molecule has 1 aromatic carbocycles. The fourth-order valence-electron chi connectivity index (χ4n) is 2.07. The Balaban J connectivity index is 2.78. The molecule has 0 unspecified atom stereocenters. The molecule has 0 bridgehead atoms. The molecule has 0 saturated heterocycles. The van der Waals surface area contributed by atoms with E-state index in [9.17, 15) is 14.4 Å². The maximum Gasteiger partial charge on any atom is 0.339 e. The van der Waals surface area contributed by atoms with Crippen molar-refractivity contribution in [2.45, 2.75) is 53.7 Å². The van der Waals surface area contributed by atoms with Crippen molar-refractivity contribution in [3.05, 3.63) is 23.8 Å². The summed E-state index contributed by atoms with van der Waals surface area (Å²) >= 11 is 0. The monoisotopic (exact) mass is 394 g/mol. The Labute approximate surface area is 165 Å². The van der Waals surface area contributed by atoms with E-state index in [1.54, 1.807) is 19.9 Å². The highest BCUT2D eigenvalue weighted by molar-refractivity contribution is 5.98. The van der Waals surface area contributed by atoms with Gasteiger partial charge in [-0.15, -0.1) is 0 Å². The number of nitrogens with one attached hydrogen (secondary N) is 2. The van der Waals surface area contributed by atoms with E-state index in [0.29, 0.717) is 30.6 Å². The van der Waals surface area contributed by atoms with Gasteiger partial charge in [0.2, 0.25) is 0 Å². The van der Waals surface area contributed by atoms with Gasteiger partial charge >= 0.3 is 12.0 Å². The summed E-state index contributed by atoms with van der Waals surface area (Å²) in [6.45, 7) is 11.7. The van der Waals surface area contributed by atoms with Crippen LogP contribution in [0, 0.1) is 5.92 Å². The van der Waals surface area contributed by atoms with Crippen LogP contribution < -0.4 is 20.1 Å². The predicted octanol–water partition coefficient (Wildman–Crippen LogP) is 2.90. The van der Waals surface area contributed by atoms with E-state index in [4.69, 9.17) is 14.2 Å². The zero-order valence-corrected chi connectivity index (χ0v) is 17.3. The quantitative estimate of drug-likeness (QED) is 0.624. The second-order valence-electron chi connectivity index (χ2n) is 6.96. The number of rotatable bonds is 9. The molecule has 8 nitrogen and oxygen atoms in total. The lowest BCUT2D eigenvalue weighted by atomic mass is 10.2. The van der Waals surface area contributed by atoms with Crippen LogP contribution in [0.4, 0.5) is 4.79 Å². The zero-order chi connectivity index (χ0) is 21.3. The van der Waals surface area contributed by atoms with Crippen LogP contribution in [-0.2, 0) is 9.53 Å². The molecule has 1 aromatic rings. The molecule has 28 heavy (non-hydrogen) atoms. The Morgan fingerprint density at radius 1 is 1.00 bits per heavy atom. The normalized spacial score (nSPS) is 11.7. The van der Waals surface area contributed by atoms with Gasteiger partial charge < -0.3 is 19.5 Å². The highest BCUT2D eigenvalue weighted by Crippen LogP contribution is 2.29. The van der Waals surface area contributed by atoms with E-state index in [2.05, 4.69) is 10.6 Å². The molecule has 0 heterocycles. The lowest BCUT2D eigenvalue weighted by molar-refractivity contribution is -0.127. The molecule has 156 valence electrons. The second-order valence-corrected chi connectivity index (χ2v) is 6.96. The van der Waals surface area contributed by atoms with E-state index in [-0.39, 0.29) is 11.6 Å². The number of hydrogen-bond acceptors (Lipinski definition) is 6. The van der Waals surface area contributed by atoms with Crippen LogP contribution in [0.3, 0.4) is 0 Å². The summed E-state index contributed by atoms with van der Waals surface area (Å²) in [7, 11) is 0. The molecule has 0 saturated carbocycles. The minimum atomic E-state index is -1.14. The Kier molecular flexibility index (Phi) is 9.27. The summed E-state index contributed by atoms with van der Waals surface area (Å²) in [5.74, 6) is -0.127. The van der Waals surface area contributed by atoms with Crippen LogP contribution in [0.2, 0.25) is 0 Å². The first-order valence-electron chi connectivity index (χ1n) is 9.36. The third-order valence-corrected chi connectivity index (χ3v) is 3.36. The average molecular weight is 394 g/mol. The molecular formula is C20H30N2O6. The number of urea groups is 1. The van der Waals surface area contributed by atoms with Crippen LogP contribution >= 0.6 is 0 Å². The van der Waals surface area contributed by atoms with Gasteiger partial charge in [-0.25, -0.2) is 9.59 Å². The maximum absolute atomic E-state index is 12.4. The summed E-state index contributed by atoms with van der Waals surface area (Å²) in [5, 5.41) is 4.64. The Bertz CT molecular complexity index is 687. The topological polar surface area (TPSA) is 103 Å². The fourth-order valence-corrected chi connectivity index (χ4v) is 2.07. The minimum absolute atomic E-state index is 0.126. The summed E-state index contributed by atoms with van der Waals surface area (Å²) in [6, 6.07) is 3.91. The summed E-state index contributed by atoms with van der Waals surface area (Å²) in [4.78, 5) is 35.9. The fraction of sp³-hybridized carbons (Fsp3) is 0.550. The number of benzene rings is 1. The molecule has 8 heteroatoms. The SMILES string of the molecule is CCOc1cc(C(=O)O[C@H](C)C(=O)NC(=O)NC(C)C)ccc1OCC(C)C. The molecular weight excluding hydrogens is 364 g/mol. The van der Waals surface area contributed by atoms with E-state index < -0.39 is 24.0 Å². The summed E-state index contributed by atoms with van der Waals surface area (Å²) < 4.78 is 16.4. The Hall–Kier alpha value is -2.77. The van der Waals surface area contributed by atoms with E-state index in [0.717, 1.165) is 0 Å². The van der Waals surface area contributed by atoms with Crippen LogP contribution in [0.5, 0.6) is 11.5 Å². The minimum Gasteiger partial charge on any atom is -0.490 e. The third-order valence-electron chi connectivity index (χ3n) is 3.36. The highest BCUT2D eigenvalue weighted by Gasteiger charge is 2.22. The van der Waals surface area contributed by atoms with Crippen molar-refractivity contribution in [2.24, 2.45) is 5.92 Å². The first kappa shape index (κ1) is 23.3. The van der Waals surface area contributed by atoms with E-state index in [1.165, 1.54) is 19.1 Å². The number of carbonyl (C=O) groups excluding carboxylic acids is 3. The number of ether oxygens (including phenoxy) is 3. The van der Waals surface area contributed by atoms with Gasteiger partial charge in [0, 0.05) is 6.04 Å². The standard InChI is InChI=1S/C20H30N2O6/c1-7-26-17-10-15(8-9-16(17)27-11-12(2)3)19(24)28-14(6)18(23)22-20(25)21-13(4)5/h8-10,12-14H,7,11H2,1-6H3,(H2,21,22,23,25)/t14-/m1/s1. The predicted molar refractivity (Wildman–Crippen MR) is 105 cm³/mol. The number of hydrogen-bond donors (Lipinski definition) is 2. The second kappa shape index (κ2) is 11.2. The number of amides is 3. The van der Waals surface area contributed by atoms with Crippen molar-refractivity contribution < 1.29 is 28.6 Å². The first-order valence-corrected chi connectivity index (χ1v) is 9.36. The van der Waals surface area contributed by atoms with Crippen molar-refractivity contribution in [1.29, 1.82) is 0 Å². The zero-order valence-electron chi connectivity index (χ0n) is 17.3. The number of esters is 1. The van der Waals surface area contributed by atoms with E-state index >= 15 is 0 Å². The van der Waals surface area contributed by atoms with Gasteiger partial charge in [-0.3, -0.25) is 10.1 Å². The van der Waals surface area contributed by atoms with Crippen LogP contribution in [0.25, 0.3) is 0 Å². The summed E-state index contributed by atoms with van der Waals surface area (Å²) in [6.07, 6.45) is -1.14. The molecule has 0 aromatic heterocycles. The van der Waals surface area contributed by atoms with Gasteiger partial charge in [0.25, 0.3) is 5.91 Å². The highest BCUT2D eigenvalue weighted by atomic mass is 16.5. The molecule has 0 aliphatic carbocycles. The van der Waals surface area contributed by atoms with Gasteiger partial charge in [-0.2, -0.15) is 0 Å².